The number of carbonyl (C=O) groups excluding carboxylic acids is 1. The van der Waals surface area contributed by atoms with E-state index in [1.807, 2.05) is 11.8 Å². The third kappa shape index (κ3) is 3.92. The van der Waals surface area contributed by atoms with Crippen molar-refractivity contribution in [1.82, 2.24) is 4.90 Å². The number of ketones is 1. The molecule has 0 amide bonds. The number of non-ortho nitro benzene ring substituents is 1. The van der Waals surface area contributed by atoms with Gasteiger partial charge in [-0.2, -0.15) is 0 Å². The Labute approximate surface area is 134 Å². The molecule has 23 heavy (non-hydrogen) atoms. The van der Waals surface area contributed by atoms with Gasteiger partial charge < -0.3 is 5.11 Å². The number of rotatable bonds is 6. The number of hydrogen-bond acceptors (Lipinski definition) is 5. The highest BCUT2D eigenvalue weighted by molar-refractivity contribution is 6.00. The van der Waals surface area contributed by atoms with E-state index in [1.165, 1.54) is 18.2 Å². The summed E-state index contributed by atoms with van der Waals surface area (Å²) in [4.78, 5) is 36.0. The molecule has 0 bridgehead atoms. The van der Waals surface area contributed by atoms with E-state index in [4.69, 9.17) is 5.11 Å². The van der Waals surface area contributed by atoms with Gasteiger partial charge in [-0.1, -0.05) is 19.1 Å². The maximum Gasteiger partial charge on any atom is 0.306 e. The van der Waals surface area contributed by atoms with Crippen LogP contribution < -0.4 is 0 Å². The van der Waals surface area contributed by atoms with Gasteiger partial charge in [0, 0.05) is 17.7 Å². The van der Waals surface area contributed by atoms with Crippen LogP contribution in [0.4, 0.5) is 5.69 Å². The first-order valence-electron chi connectivity index (χ1n) is 7.69. The minimum absolute atomic E-state index is 0.102. The standard InChI is InChI=1S/C16H20N2O5/c1-2-14(17-8-6-11(7-9-17)16(20)21)15(19)12-4-3-5-13(10-12)18(22)23/h3-5,10-11,14H,2,6-9H2,1H3,(H,20,21). The van der Waals surface area contributed by atoms with Gasteiger partial charge in [0.15, 0.2) is 5.78 Å². The zero-order valence-corrected chi connectivity index (χ0v) is 13.0. The van der Waals surface area contributed by atoms with Crippen LogP contribution in [0.2, 0.25) is 0 Å². The normalized spacial score (nSPS) is 17.6. The van der Waals surface area contributed by atoms with E-state index in [0.29, 0.717) is 37.9 Å². The maximum absolute atomic E-state index is 12.7. The number of benzene rings is 1. The van der Waals surface area contributed by atoms with Crippen LogP contribution in [0.15, 0.2) is 24.3 Å². The van der Waals surface area contributed by atoms with Gasteiger partial charge in [0.1, 0.15) is 0 Å². The van der Waals surface area contributed by atoms with Gasteiger partial charge in [-0.3, -0.25) is 24.6 Å². The SMILES string of the molecule is CCC(C(=O)c1cccc([N+](=O)[O-])c1)N1CCC(C(=O)O)CC1. The monoisotopic (exact) mass is 320 g/mol. The van der Waals surface area contributed by atoms with E-state index < -0.39 is 10.9 Å². The maximum atomic E-state index is 12.7. The molecule has 124 valence electrons. The molecule has 1 unspecified atom stereocenters. The summed E-state index contributed by atoms with van der Waals surface area (Å²) in [6.45, 7) is 3.00. The molecule has 1 atom stereocenters. The van der Waals surface area contributed by atoms with Crippen molar-refractivity contribution in [3.63, 3.8) is 0 Å². The number of Topliss-reactive ketones (excluding diaryl/α,β-unsaturated/α-hetero) is 1. The van der Waals surface area contributed by atoms with E-state index in [0.717, 1.165) is 0 Å². The van der Waals surface area contributed by atoms with Gasteiger partial charge in [0.25, 0.3) is 5.69 Å². The van der Waals surface area contributed by atoms with Crippen molar-refractivity contribution in [2.75, 3.05) is 13.1 Å². The summed E-state index contributed by atoms with van der Waals surface area (Å²) in [5, 5.41) is 19.9. The van der Waals surface area contributed by atoms with E-state index in [2.05, 4.69) is 0 Å². The molecule has 7 nitrogen and oxygen atoms in total. The Kier molecular flexibility index (Phi) is 5.44. The summed E-state index contributed by atoms with van der Waals surface area (Å²) in [6, 6.07) is 5.38. The lowest BCUT2D eigenvalue weighted by atomic mass is 9.93. The molecule has 2 rings (SSSR count). The highest BCUT2D eigenvalue weighted by atomic mass is 16.6. The van der Waals surface area contributed by atoms with Crippen LogP contribution in [0.1, 0.15) is 36.5 Å². The second-order valence-electron chi connectivity index (χ2n) is 5.74. The highest BCUT2D eigenvalue weighted by Gasteiger charge is 2.31. The van der Waals surface area contributed by atoms with Crippen LogP contribution >= 0.6 is 0 Å². The fourth-order valence-electron chi connectivity index (χ4n) is 3.03. The fraction of sp³-hybridized carbons (Fsp3) is 0.500. The average molecular weight is 320 g/mol. The van der Waals surface area contributed by atoms with Crippen molar-refractivity contribution in [2.24, 2.45) is 5.92 Å². The molecule has 1 saturated heterocycles. The molecule has 7 heteroatoms. The van der Waals surface area contributed by atoms with E-state index in [-0.39, 0.29) is 23.4 Å². The lowest BCUT2D eigenvalue weighted by molar-refractivity contribution is -0.384. The summed E-state index contributed by atoms with van der Waals surface area (Å²) >= 11 is 0. The summed E-state index contributed by atoms with van der Waals surface area (Å²) in [5.74, 6) is -1.29. The Morgan fingerprint density at radius 2 is 2.04 bits per heavy atom. The van der Waals surface area contributed by atoms with Gasteiger partial charge in [0.2, 0.25) is 0 Å². The fourth-order valence-corrected chi connectivity index (χ4v) is 3.03. The van der Waals surface area contributed by atoms with E-state index in [1.54, 1.807) is 6.07 Å². The second-order valence-corrected chi connectivity index (χ2v) is 5.74. The molecule has 1 aliphatic heterocycles. The first kappa shape index (κ1) is 17.1. The molecule has 1 aromatic carbocycles. The van der Waals surface area contributed by atoms with Crippen molar-refractivity contribution in [3.8, 4) is 0 Å². The Morgan fingerprint density at radius 3 is 2.57 bits per heavy atom. The smallest absolute Gasteiger partial charge is 0.306 e. The first-order valence-corrected chi connectivity index (χ1v) is 7.69. The average Bonchev–Trinajstić information content (AvgIpc) is 2.56. The van der Waals surface area contributed by atoms with Gasteiger partial charge >= 0.3 is 5.97 Å². The Bertz CT molecular complexity index is 608. The van der Waals surface area contributed by atoms with Crippen LogP contribution in [-0.2, 0) is 4.79 Å². The number of hydrogen-bond donors (Lipinski definition) is 1. The van der Waals surface area contributed by atoms with Gasteiger partial charge in [-0.25, -0.2) is 0 Å². The minimum Gasteiger partial charge on any atom is -0.481 e. The van der Waals surface area contributed by atoms with Crippen molar-refractivity contribution in [3.05, 3.63) is 39.9 Å². The number of piperidine rings is 1. The predicted octanol–water partition coefficient (Wildman–Crippen LogP) is 2.35. The molecule has 1 aliphatic rings. The van der Waals surface area contributed by atoms with Crippen LogP contribution in [0.25, 0.3) is 0 Å². The molecule has 1 heterocycles. The molecule has 1 aromatic rings. The predicted molar refractivity (Wildman–Crippen MR) is 83.4 cm³/mol. The second kappa shape index (κ2) is 7.32. The lowest BCUT2D eigenvalue weighted by Gasteiger charge is -2.35. The van der Waals surface area contributed by atoms with Gasteiger partial charge in [-0.05, 0) is 32.4 Å². The number of aliphatic carboxylic acids is 1. The summed E-state index contributed by atoms with van der Waals surface area (Å²) < 4.78 is 0. The molecule has 0 saturated carbocycles. The number of likely N-dealkylation sites (tertiary alicyclic amines) is 1. The number of carboxylic acid groups (broad SMARTS) is 1. The molecule has 0 aromatic heterocycles. The summed E-state index contributed by atoms with van der Waals surface area (Å²) in [6.07, 6.45) is 1.63. The highest BCUT2D eigenvalue weighted by Crippen LogP contribution is 2.23. The minimum atomic E-state index is -0.789. The van der Waals surface area contributed by atoms with Gasteiger partial charge in [-0.15, -0.1) is 0 Å². The number of nitro groups is 1. The molecule has 0 radical (unpaired) electrons. The Balaban J connectivity index is 2.12. The number of nitrogens with zero attached hydrogens (tertiary/aromatic N) is 2. The van der Waals surface area contributed by atoms with E-state index in [9.17, 15) is 19.7 Å². The largest absolute Gasteiger partial charge is 0.481 e. The van der Waals surface area contributed by atoms with Crippen molar-refractivity contribution >= 4 is 17.4 Å². The lowest BCUT2D eigenvalue weighted by Crippen LogP contribution is -2.46. The van der Waals surface area contributed by atoms with Crippen molar-refractivity contribution in [2.45, 2.75) is 32.2 Å². The molecule has 0 aliphatic carbocycles. The molecular weight excluding hydrogens is 300 g/mol. The number of carboxylic acids is 1. The molecule has 1 fully saturated rings. The molecule has 0 spiro atoms. The zero-order chi connectivity index (χ0) is 17.0. The number of carbonyl (C=O) groups is 2. The molecule has 1 N–H and O–H groups in total. The van der Waals surface area contributed by atoms with Crippen molar-refractivity contribution < 1.29 is 19.6 Å². The Morgan fingerprint density at radius 1 is 1.39 bits per heavy atom. The van der Waals surface area contributed by atoms with Crippen LogP contribution in [-0.4, -0.2) is 45.8 Å². The van der Waals surface area contributed by atoms with Crippen LogP contribution in [0, 0.1) is 16.0 Å². The topological polar surface area (TPSA) is 101 Å². The zero-order valence-electron chi connectivity index (χ0n) is 13.0. The first-order chi connectivity index (χ1) is 10.9. The third-order valence-electron chi connectivity index (χ3n) is 4.35. The van der Waals surface area contributed by atoms with Crippen LogP contribution in [0.5, 0.6) is 0 Å². The number of nitro benzene ring substituents is 1. The third-order valence-corrected chi connectivity index (χ3v) is 4.35. The van der Waals surface area contributed by atoms with Gasteiger partial charge in [0.05, 0.1) is 16.9 Å². The summed E-state index contributed by atoms with van der Waals surface area (Å²) in [5.41, 5.74) is 0.224. The molecular formula is C16H20N2O5. The van der Waals surface area contributed by atoms with Crippen LogP contribution in [0.3, 0.4) is 0 Å². The summed E-state index contributed by atoms with van der Waals surface area (Å²) in [7, 11) is 0. The quantitative estimate of drug-likeness (QED) is 0.490. The van der Waals surface area contributed by atoms with E-state index >= 15 is 0 Å². The van der Waals surface area contributed by atoms with Crippen molar-refractivity contribution in [1.29, 1.82) is 0 Å². The Hall–Kier alpha value is -2.28.